The normalized spacial score (nSPS) is 12.4. The smallest absolute Gasteiger partial charge is 0.243 e. The van der Waals surface area contributed by atoms with Crippen LogP contribution in [0, 0.1) is 0 Å². The molecule has 154 valence electrons. The Morgan fingerprint density at radius 2 is 1.38 bits per heavy atom. The van der Waals surface area contributed by atoms with Crippen LogP contribution in [0.3, 0.4) is 0 Å². The zero-order valence-corrected chi connectivity index (χ0v) is 16.9. The third-order valence-corrected chi connectivity index (χ3v) is 4.45. The predicted octanol–water partition coefficient (Wildman–Crippen LogP) is 1.22. The van der Waals surface area contributed by atoms with Gasteiger partial charge in [0.2, 0.25) is 17.7 Å². The summed E-state index contributed by atoms with van der Waals surface area (Å²) in [5.74, 6) is -0.322. The van der Waals surface area contributed by atoms with Gasteiger partial charge in [-0.05, 0) is 23.3 Å². The summed E-state index contributed by atoms with van der Waals surface area (Å²) in [7, 11) is 3.10. The van der Waals surface area contributed by atoms with Crippen LogP contribution < -0.4 is 20.7 Å². The molecule has 2 aromatic rings. The van der Waals surface area contributed by atoms with E-state index in [1.807, 2.05) is 42.5 Å². The topological polar surface area (TPSA) is 96.5 Å². The molecule has 3 amide bonds. The number of hydrogen-bond donors (Lipinski definition) is 3. The summed E-state index contributed by atoms with van der Waals surface area (Å²) in [6, 6.07) is 15.1. The second-order valence-corrected chi connectivity index (χ2v) is 6.67. The number of benzene rings is 2. The molecule has 0 aliphatic carbocycles. The molecule has 2 atom stereocenters. The van der Waals surface area contributed by atoms with Crippen LogP contribution in [0.5, 0.6) is 5.75 Å². The van der Waals surface area contributed by atoms with Gasteiger partial charge in [-0.1, -0.05) is 42.5 Å². The maximum Gasteiger partial charge on any atom is 0.243 e. The molecule has 0 saturated heterocycles. The van der Waals surface area contributed by atoms with Gasteiger partial charge in [-0.15, -0.1) is 0 Å². The molecule has 0 aliphatic rings. The van der Waals surface area contributed by atoms with Crippen molar-refractivity contribution in [2.24, 2.45) is 0 Å². The number of rotatable bonds is 9. The number of carbonyl (C=O) groups is 3. The predicted molar refractivity (Wildman–Crippen MR) is 110 cm³/mol. The average Bonchev–Trinajstić information content (AvgIpc) is 2.73. The van der Waals surface area contributed by atoms with E-state index in [1.54, 1.807) is 19.2 Å². The minimum absolute atomic E-state index is 0.310. The van der Waals surface area contributed by atoms with E-state index in [0.29, 0.717) is 18.6 Å². The number of likely N-dealkylation sites (N-methyl/N-ethyl adjacent to an activating group) is 1. The Balaban J connectivity index is 2.13. The maximum atomic E-state index is 12.9. The van der Waals surface area contributed by atoms with E-state index in [2.05, 4.69) is 16.0 Å². The Hall–Kier alpha value is -3.35. The van der Waals surface area contributed by atoms with Crippen LogP contribution in [-0.4, -0.2) is 44.0 Å². The Kier molecular flexibility index (Phi) is 8.21. The standard InChI is InChI=1S/C22H27N3O4/c1-15(26)24-20(13-16-7-5-4-6-8-16)22(28)25-19(21(27)23-2)14-17-9-11-18(29-3)12-10-17/h4-12,19-20H,13-14H2,1-3H3,(H,23,27)(H,24,26)(H,25,28)/t19-,20-/m0/s1. The molecule has 0 spiro atoms. The lowest BCUT2D eigenvalue weighted by Crippen LogP contribution is -2.54. The molecule has 0 aromatic heterocycles. The summed E-state index contributed by atoms with van der Waals surface area (Å²) >= 11 is 0. The largest absolute Gasteiger partial charge is 0.497 e. The van der Waals surface area contributed by atoms with Crippen molar-refractivity contribution >= 4 is 17.7 Å². The first-order valence-electron chi connectivity index (χ1n) is 9.39. The van der Waals surface area contributed by atoms with Crippen molar-refractivity contribution in [3.8, 4) is 5.75 Å². The van der Waals surface area contributed by atoms with Gasteiger partial charge in [0.05, 0.1) is 7.11 Å². The van der Waals surface area contributed by atoms with E-state index in [0.717, 1.165) is 11.1 Å². The third kappa shape index (κ3) is 6.95. The van der Waals surface area contributed by atoms with Gasteiger partial charge in [-0.25, -0.2) is 0 Å². The fraction of sp³-hybridized carbons (Fsp3) is 0.318. The summed E-state index contributed by atoms with van der Waals surface area (Å²) in [6.45, 7) is 1.36. The SMILES string of the molecule is CNC(=O)[C@H](Cc1ccc(OC)cc1)NC(=O)[C@H](Cc1ccccc1)NC(C)=O. The first-order valence-corrected chi connectivity index (χ1v) is 9.39. The molecular formula is C22H27N3O4. The summed E-state index contributed by atoms with van der Waals surface area (Å²) in [4.78, 5) is 36.8. The van der Waals surface area contributed by atoms with Crippen LogP contribution in [-0.2, 0) is 27.2 Å². The quantitative estimate of drug-likeness (QED) is 0.593. The molecule has 7 heteroatoms. The van der Waals surface area contributed by atoms with Crippen LogP contribution in [0.1, 0.15) is 18.1 Å². The molecule has 0 unspecified atom stereocenters. The molecule has 0 saturated carbocycles. The third-order valence-electron chi connectivity index (χ3n) is 4.45. The molecule has 29 heavy (non-hydrogen) atoms. The fourth-order valence-corrected chi connectivity index (χ4v) is 2.96. The summed E-state index contributed by atoms with van der Waals surface area (Å²) in [5, 5.41) is 8.02. The van der Waals surface area contributed by atoms with Gasteiger partial charge in [0.15, 0.2) is 0 Å². The zero-order chi connectivity index (χ0) is 21.2. The van der Waals surface area contributed by atoms with Crippen molar-refractivity contribution in [3.63, 3.8) is 0 Å². The van der Waals surface area contributed by atoms with E-state index in [-0.39, 0.29) is 11.8 Å². The number of nitrogens with one attached hydrogen (secondary N) is 3. The van der Waals surface area contributed by atoms with Crippen molar-refractivity contribution in [1.82, 2.24) is 16.0 Å². The second kappa shape index (κ2) is 10.8. The van der Waals surface area contributed by atoms with Crippen LogP contribution in [0.25, 0.3) is 0 Å². The van der Waals surface area contributed by atoms with Crippen molar-refractivity contribution in [1.29, 1.82) is 0 Å². The van der Waals surface area contributed by atoms with E-state index >= 15 is 0 Å². The van der Waals surface area contributed by atoms with Gasteiger partial charge in [0.1, 0.15) is 17.8 Å². The van der Waals surface area contributed by atoms with Crippen LogP contribution in [0.4, 0.5) is 0 Å². The number of methoxy groups -OCH3 is 1. The highest BCUT2D eigenvalue weighted by molar-refractivity contribution is 5.92. The molecule has 0 aliphatic heterocycles. The number of ether oxygens (including phenoxy) is 1. The van der Waals surface area contributed by atoms with Gasteiger partial charge in [0.25, 0.3) is 0 Å². The Bertz CT molecular complexity index is 822. The van der Waals surface area contributed by atoms with Crippen molar-refractivity contribution in [3.05, 3.63) is 65.7 Å². The highest BCUT2D eigenvalue weighted by Crippen LogP contribution is 2.13. The highest BCUT2D eigenvalue weighted by Gasteiger charge is 2.26. The van der Waals surface area contributed by atoms with E-state index in [9.17, 15) is 14.4 Å². The molecule has 0 bridgehead atoms. The lowest BCUT2D eigenvalue weighted by atomic mass is 10.0. The maximum absolute atomic E-state index is 12.9. The summed E-state index contributed by atoms with van der Waals surface area (Å²) in [6.07, 6.45) is 0.642. The zero-order valence-electron chi connectivity index (χ0n) is 16.9. The average molecular weight is 397 g/mol. The minimum atomic E-state index is -0.780. The molecule has 2 rings (SSSR count). The Morgan fingerprint density at radius 1 is 0.828 bits per heavy atom. The summed E-state index contributed by atoms with van der Waals surface area (Å²) in [5.41, 5.74) is 1.78. The van der Waals surface area contributed by atoms with Gasteiger partial charge in [-0.3, -0.25) is 14.4 Å². The lowest BCUT2D eigenvalue weighted by molar-refractivity contribution is -0.131. The molecule has 2 aromatic carbocycles. The van der Waals surface area contributed by atoms with Gasteiger partial charge in [-0.2, -0.15) is 0 Å². The molecular weight excluding hydrogens is 370 g/mol. The molecule has 3 N–H and O–H groups in total. The monoisotopic (exact) mass is 397 g/mol. The van der Waals surface area contributed by atoms with E-state index in [4.69, 9.17) is 4.74 Å². The summed E-state index contributed by atoms with van der Waals surface area (Å²) < 4.78 is 5.14. The molecule has 7 nitrogen and oxygen atoms in total. The van der Waals surface area contributed by atoms with Crippen LogP contribution in [0.2, 0.25) is 0 Å². The molecule has 0 radical (unpaired) electrons. The lowest BCUT2D eigenvalue weighted by Gasteiger charge is -2.22. The van der Waals surface area contributed by atoms with E-state index < -0.39 is 18.0 Å². The highest BCUT2D eigenvalue weighted by atomic mass is 16.5. The Labute approximate surface area is 170 Å². The number of hydrogen-bond acceptors (Lipinski definition) is 4. The number of carbonyl (C=O) groups excluding carboxylic acids is 3. The van der Waals surface area contributed by atoms with Gasteiger partial charge in [0, 0.05) is 26.8 Å². The minimum Gasteiger partial charge on any atom is -0.497 e. The fourth-order valence-electron chi connectivity index (χ4n) is 2.96. The first kappa shape index (κ1) is 21.9. The van der Waals surface area contributed by atoms with Gasteiger partial charge >= 0.3 is 0 Å². The second-order valence-electron chi connectivity index (χ2n) is 6.67. The molecule has 0 fully saturated rings. The van der Waals surface area contributed by atoms with Crippen molar-refractivity contribution in [2.75, 3.05) is 14.2 Å². The van der Waals surface area contributed by atoms with Crippen molar-refractivity contribution in [2.45, 2.75) is 31.8 Å². The van der Waals surface area contributed by atoms with Crippen molar-refractivity contribution < 1.29 is 19.1 Å². The van der Waals surface area contributed by atoms with E-state index in [1.165, 1.54) is 14.0 Å². The number of amides is 3. The first-order chi connectivity index (χ1) is 13.9. The van der Waals surface area contributed by atoms with Crippen LogP contribution in [0.15, 0.2) is 54.6 Å². The Morgan fingerprint density at radius 3 is 1.90 bits per heavy atom. The van der Waals surface area contributed by atoms with Gasteiger partial charge < -0.3 is 20.7 Å². The molecule has 0 heterocycles. The van der Waals surface area contributed by atoms with Crippen LogP contribution >= 0.6 is 0 Å².